The molecule has 35 heavy (non-hydrogen) atoms. The highest BCUT2D eigenvalue weighted by Crippen LogP contribution is 2.28. The minimum atomic E-state index is -4.81. The fourth-order valence-corrected chi connectivity index (χ4v) is 3.41. The Kier molecular flexibility index (Phi) is 6.48. The molecule has 2 N–H and O–H groups in total. The molecule has 0 spiro atoms. The maximum Gasteiger partial charge on any atom is 0.573 e. The van der Waals surface area contributed by atoms with Crippen molar-refractivity contribution in [2.24, 2.45) is 0 Å². The van der Waals surface area contributed by atoms with E-state index < -0.39 is 23.5 Å². The monoisotopic (exact) mass is 501 g/mol. The summed E-state index contributed by atoms with van der Waals surface area (Å²) in [7, 11) is 0. The molecule has 0 bridgehead atoms. The van der Waals surface area contributed by atoms with E-state index in [1.165, 1.54) is 30.5 Å². The predicted octanol–water partition coefficient (Wildman–Crippen LogP) is 5.00. The minimum Gasteiger partial charge on any atom is -0.406 e. The van der Waals surface area contributed by atoms with E-state index in [4.69, 9.17) is 11.6 Å². The average molecular weight is 502 g/mol. The summed E-state index contributed by atoms with van der Waals surface area (Å²) in [4.78, 5) is 38.3. The van der Waals surface area contributed by atoms with Crippen molar-refractivity contribution >= 4 is 23.2 Å². The van der Waals surface area contributed by atoms with Crippen LogP contribution >= 0.6 is 11.6 Å². The first kappa shape index (κ1) is 23.8. The first-order chi connectivity index (χ1) is 16.6. The predicted molar refractivity (Wildman–Crippen MR) is 124 cm³/mol. The molecule has 4 rings (SSSR count). The highest BCUT2D eigenvalue weighted by Gasteiger charge is 2.31. The zero-order chi connectivity index (χ0) is 25.2. The number of alkyl halides is 3. The molecule has 1 aromatic heterocycles. The zero-order valence-corrected chi connectivity index (χ0v) is 18.4. The number of aromatic nitrogens is 2. The van der Waals surface area contributed by atoms with Gasteiger partial charge in [-0.3, -0.25) is 19.1 Å². The summed E-state index contributed by atoms with van der Waals surface area (Å²) < 4.78 is 42.7. The Morgan fingerprint density at radius 1 is 0.943 bits per heavy atom. The lowest BCUT2D eigenvalue weighted by Gasteiger charge is -2.11. The highest BCUT2D eigenvalue weighted by atomic mass is 35.5. The van der Waals surface area contributed by atoms with Gasteiger partial charge in [-0.1, -0.05) is 35.9 Å². The molecule has 0 radical (unpaired) electrons. The van der Waals surface area contributed by atoms with Crippen LogP contribution in [0.1, 0.15) is 10.4 Å². The second-order valence-corrected chi connectivity index (χ2v) is 7.67. The van der Waals surface area contributed by atoms with Crippen molar-refractivity contribution in [3.8, 4) is 22.6 Å². The van der Waals surface area contributed by atoms with E-state index in [-0.39, 0.29) is 16.3 Å². The van der Waals surface area contributed by atoms with Crippen LogP contribution in [-0.2, 0) is 0 Å². The summed E-state index contributed by atoms with van der Waals surface area (Å²) in [6.45, 7) is 0. The summed E-state index contributed by atoms with van der Waals surface area (Å²) in [5.74, 6) is -0.820. The Morgan fingerprint density at radius 2 is 1.60 bits per heavy atom. The van der Waals surface area contributed by atoms with Gasteiger partial charge in [0.15, 0.2) is 0 Å². The molecule has 0 unspecified atom stereocenters. The Morgan fingerprint density at radius 3 is 2.29 bits per heavy atom. The van der Waals surface area contributed by atoms with Gasteiger partial charge >= 0.3 is 12.1 Å². The minimum absolute atomic E-state index is 0.155. The van der Waals surface area contributed by atoms with Gasteiger partial charge < -0.3 is 10.1 Å². The SMILES string of the molecule is O=C(Nc1ccc(-n2cc(Cl)c(=O)[nH]c2=O)cc1)c1cccc(-c2cccc(OC(F)(F)F)c2)c1. The number of nitrogens with zero attached hydrogens (tertiary/aromatic N) is 1. The van der Waals surface area contributed by atoms with Gasteiger partial charge in [-0.2, -0.15) is 0 Å². The molecule has 0 atom stereocenters. The maximum atomic E-state index is 12.7. The molecular formula is C24H15ClF3N3O4. The molecule has 0 saturated heterocycles. The van der Waals surface area contributed by atoms with Crippen molar-refractivity contribution in [2.45, 2.75) is 6.36 Å². The van der Waals surface area contributed by atoms with Gasteiger partial charge in [-0.25, -0.2) is 4.79 Å². The average Bonchev–Trinajstić information content (AvgIpc) is 2.81. The number of aromatic amines is 1. The fraction of sp³-hybridized carbons (Fsp3) is 0.0417. The number of H-pyrrole nitrogens is 1. The molecule has 0 aliphatic heterocycles. The molecular weight excluding hydrogens is 487 g/mol. The Bertz CT molecular complexity index is 1510. The number of carbonyl (C=O) groups is 1. The van der Waals surface area contributed by atoms with Crippen LogP contribution in [0.15, 0.2) is 88.6 Å². The van der Waals surface area contributed by atoms with Gasteiger partial charge in [0, 0.05) is 17.4 Å². The molecule has 3 aromatic carbocycles. The topological polar surface area (TPSA) is 93.2 Å². The molecule has 11 heteroatoms. The number of amides is 1. The van der Waals surface area contributed by atoms with E-state index in [1.54, 1.807) is 48.5 Å². The van der Waals surface area contributed by atoms with Crippen LogP contribution in [0.2, 0.25) is 5.02 Å². The van der Waals surface area contributed by atoms with Crippen LogP contribution in [0.3, 0.4) is 0 Å². The van der Waals surface area contributed by atoms with Crippen LogP contribution < -0.4 is 21.3 Å². The summed E-state index contributed by atoms with van der Waals surface area (Å²) in [6, 6.07) is 18.0. The number of benzene rings is 3. The van der Waals surface area contributed by atoms with E-state index in [0.717, 1.165) is 4.57 Å². The molecule has 0 fully saturated rings. The van der Waals surface area contributed by atoms with Crippen molar-refractivity contribution in [1.29, 1.82) is 0 Å². The quantitative estimate of drug-likeness (QED) is 0.402. The number of nitrogens with one attached hydrogen (secondary N) is 2. The summed E-state index contributed by atoms with van der Waals surface area (Å²) in [5.41, 5.74) is 0.710. The van der Waals surface area contributed by atoms with Gasteiger partial charge in [0.1, 0.15) is 10.8 Å². The van der Waals surface area contributed by atoms with Gasteiger partial charge in [0.05, 0.1) is 5.69 Å². The Balaban J connectivity index is 1.52. The Labute approximate surface area is 200 Å². The third-order valence-electron chi connectivity index (χ3n) is 4.83. The van der Waals surface area contributed by atoms with Crippen LogP contribution in [-0.4, -0.2) is 21.8 Å². The summed E-state index contributed by atoms with van der Waals surface area (Å²) in [5, 5.41) is 2.55. The maximum absolute atomic E-state index is 12.7. The highest BCUT2D eigenvalue weighted by molar-refractivity contribution is 6.30. The third kappa shape index (κ3) is 5.79. The van der Waals surface area contributed by atoms with Crippen molar-refractivity contribution in [3.63, 3.8) is 0 Å². The number of hydrogen-bond acceptors (Lipinski definition) is 4. The lowest BCUT2D eigenvalue weighted by atomic mass is 10.0. The molecule has 0 aliphatic rings. The first-order valence-corrected chi connectivity index (χ1v) is 10.4. The smallest absolute Gasteiger partial charge is 0.406 e. The molecule has 7 nitrogen and oxygen atoms in total. The normalized spacial score (nSPS) is 11.2. The van der Waals surface area contributed by atoms with E-state index in [1.807, 2.05) is 0 Å². The molecule has 1 amide bonds. The number of rotatable bonds is 5. The van der Waals surface area contributed by atoms with Crippen molar-refractivity contribution in [1.82, 2.24) is 9.55 Å². The molecule has 1 heterocycles. The second kappa shape index (κ2) is 9.51. The largest absolute Gasteiger partial charge is 0.573 e. The van der Waals surface area contributed by atoms with Gasteiger partial charge in [0.25, 0.3) is 11.5 Å². The zero-order valence-electron chi connectivity index (χ0n) is 17.6. The number of hydrogen-bond donors (Lipinski definition) is 2. The van der Waals surface area contributed by atoms with E-state index in [0.29, 0.717) is 22.5 Å². The fourth-order valence-electron chi connectivity index (χ4n) is 3.26. The van der Waals surface area contributed by atoms with Crippen LogP contribution in [0.25, 0.3) is 16.8 Å². The number of halogens is 4. The van der Waals surface area contributed by atoms with Crippen LogP contribution in [0.4, 0.5) is 18.9 Å². The first-order valence-electron chi connectivity index (χ1n) is 9.98. The molecule has 0 aliphatic carbocycles. The standard InChI is InChI=1S/C24H15ClF3N3O4/c25-20-13-31(23(34)30-22(20)33)18-9-7-17(8-10-18)29-21(32)16-5-1-3-14(11-16)15-4-2-6-19(12-15)35-24(26,27)28/h1-13H,(H,29,32)(H,30,33,34). The number of ether oxygens (including phenoxy) is 1. The van der Waals surface area contributed by atoms with Gasteiger partial charge in [0.2, 0.25) is 0 Å². The number of carbonyl (C=O) groups excluding carboxylic acids is 1. The van der Waals surface area contributed by atoms with E-state index in [9.17, 15) is 27.6 Å². The van der Waals surface area contributed by atoms with E-state index in [2.05, 4.69) is 15.0 Å². The van der Waals surface area contributed by atoms with Crippen molar-refractivity contribution in [2.75, 3.05) is 5.32 Å². The van der Waals surface area contributed by atoms with E-state index >= 15 is 0 Å². The summed E-state index contributed by atoms with van der Waals surface area (Å²) >= 11 is 5.78. The van der Waals surface area contributed by atoms with Crippen LogP contribution in [0.5, 0.6) is 5.75 Å². The van der Waals surface area contributed by atoms with Crippen LogP contribution in [0, 0.1) is 0 Å². The molecule has 4 aromatic rings. The van der Waals surface area contributed by atoms with Crippen molar-refractivity contribution in [3.05, 3.63) is 110 Å². The molecule has 178 valence electrons. The second-order valence-electron chi connectivity index (χ2n) is 7.26. The number of anilines is 1. The lowest BCUT2D eigenvalue weighted by molar-refractivity contribution is -0.274. The summed E-state index contributed by atoms with van der Waals surface area (Å²) in [6.07, 6.45) is -3.62. The van der Waals surface area contributed by atoms with Gasteiger partial charge in [-0.15, -0.1) is 13.2 Å². The lowest BCUT2D eigenvalue weighted by Crippen LogP contribution is -2.28. The third-order valence-corrected chi connectivity index (χ3v) is 5.10. The Hall–Kier alpha value is -4.31. The molecule has 0 saturated carbocycles. The van der Waals surface area contributed by atoms with Gasteiger partial charge in [-0.05, 0) is 59.7 Å². The van der Waals surface area contributed by atoms with Crippen molar-refractivity contribution < 1.29 is 22.7 Å².